The molecular weight excluding hydrogens is 228 g/mol. The van der Waals surface area contributed by atoms with E-state index in [9.17, 15) is 0 Å². The molecule has 0 bridgehead atoms. The maximum absolute atomic E-state index is 5.75. The molecule has 0 saturated heterocycles. The number of ether oxygens (including phenoxy) is 2. The molecule has 4 nitrogen and oxygen atoms in total. The van der Waals surface area contributed by atoms with E-state index >= 15 is 0 Å². The van der Waals surface area contributed by atoms with Crippen molar-refractivity contribution in [3.05, 3.63) is 23.8 Å². The SMILES string of the molecule is CNC(c1ccc2c(c1)OCCCO2)C(C)CN. The van der Waals surface area contributed by atoms with E-state index in [1.165, 1.54) is 5.56 Å². The maximum atomic E-state index is 5.75. The molecule has 1 aliphatic rings. The summed E-state index contributed by atoms with van der Waals surface area (Å²) in [5.41, 5.74) is 6.95. The molecule has 100 valence electrons. The van der Waals surface area contributed by atoms with E-state index in [0.717, 1.165) is 24.5 Å². The number of nitrogens with one attached hydrogen (secondary N) is 1. The van der Waals surface area contributed by atoms with Crippen LogP contribution in [0.2, 0.25) is 0 Å². The molecule has 0 aliphatic carbocycles. The molecule has 0 aromatic heterocycles. The quantitative estimate of drug-likeness (QED) is 0.854. The van der Waals surface area contributed by atoms with Crippen molar-refractivity contribution in [2.75, 3.05) is 26.8 Å². The van der Waals surface area contributed by atoms with Gasteiger partial charge in [-0.05, 0) is 37.2 Å². The Kier molecular flexibility index (Phi) is 4.44. The van der Waals surface area contributed by atoms with Crippen molar-refractivity contribution >= 4 is 0 Å². The first-order valence-electron chi connectivity index (χ1n) is 6.53. The highest BCUT2D eigenvalue weighted by Crippen LogP contribution is 2.33. The van der Waals surface area contributed by atoms with Crippen LogP contribution in [0.4, 0.5) is 0 Å². The minimum Gasteiger partial charge on any atom is -0.490 e. The molecule has 0 spiro atoms. The first-order valence-corrected chi connectivity index (χ1v) is 6.53. The van der Waals surface area contributed by atoms with Crippen LogP contribution in [0.15, 0.2) is 18.2 Å². The topological polar surface area (TPSA) is 56.5 Å². The van der Waals surface area contributed by atoms with Gasteiger partial charge >= 0.3 is 0 Å². The van der Waals surface area contributed by atoms with Gasteiger partial charge in [-0.2, -0.15) is 0 Å². The summed E-state index contributed by atoms with van der Waals surface area (Å²) in [6.07, 6.45) is 0.929. The van der Waals surface area contributed by atoms with E-state index in [4.69, 9.17) is 15.2 Å². The van der Waals surface area contributed by atoms with E-state index in [0.29, 0.717) is 19.1 Å². The first-order chi connectivity index (χ1) is 8.76. The minimum absolute atomic E-state index is 0.243. The highest BCUT2D eigenvalue weighted by Gasteiger charge is 2.19. The fraction of sp³-hybridized carbons (Fsp3) is 0.571. The molecule has 18 heavy (non-hydrogen) atoms. The highest BCUT2D eigenvalue weighted by molar-refractivity contribution is 5.44. The summed E-state index contributed by atoms with van der Waals surface area (Å²) in [5.74, 6) is 2.06. The van der Waals surface area contributed by atoms with Crippen LogP contribution in [-0.2, 0) is 0 Å². The van der Waals surface area contributed by atoms with Crippen molar-refractivity contribution in [3.63, 3.8) is 0 Å². The molecule has 2 rings (SSSR count). The predicted octanol–water partition coefficient (Wildman–Crippen LogP) is 1.70. The van der Waals surface area contributed by atoms with E-state index in [1.807, 2.05) is 13.1 Å². The van der Waals surface area contributed by atoms with Gasteiger partial charge < -0.3 is 20.5 Å². The number of nitrogens with two attached hydrogens (primary N) is 1. The lowest BCUT2D eigenvalue weighted by Crippen LogP contribution is -2.28. The average Bonchev–Trinajstić information content (AvgIpc) is 2.64. The Labute approximate surface area is 108 Å². The molecule has 0 amide bonds. The number of rotatable bonds is 4. The largest absolute Gasteiger partial charge is 0.490 e. The summed E-state index contributed by atoms with van der Waals surface area (Å²) in [7, 11) is 1.96. The average molecular weight is 250 g/mol. The van der Waals surface area contributed by atoms with Crippen molar-refractivity contribution < 1.29 is 9.47 Å². The molecule has 1 aromatic carbocycles. The zero-order valence-electron chi connectivity index (χ0n) is 11.1. The van der Waals surface area contributed by atoms with Gasteiger partial charge in [0.25, 0.3) is 0 Å². The Morgan fingerprint density at radius 3 is 2.67 bits per heavy atom. The second kappa shape index (κ2) is 6.07. The number of hydrogen-bond donors (Lipinski definition) is 2. The Morgan fingerprint density at radius 1 is 1.28 bits per heavy atom. The van der Waals surface area contributed by atoms with Crippen molar-refractivity contribution in [1.29, 1.82) is 0 Å². The number of hydrogen-bond acceptors (Lipinski definition) is 4. The van der Waals surface area contributed by atoms with Crippen LogP contribution in [0.5, 0.6) is 11.5 Å². The van der Waals surface area contributed by atoms with Crippen molar-refractivity contribution in [2.24, 2.45) is 11.7 Å². The molecule has 3 N–H and O–H groups in total. The molecule has 2 unspecified atom stereocenters. The third-order valence-corrected chi connectivity index (χ3v) is 3.38. The fourth-order valence-electron chi connectivity index (χ4n) is 2.29. The molecule has 0 saturated carbocycles. The monoisotopic (exact) mass is 250 g/mol. The lowest BCUT2D eigenvalue weighted by molar-refractivity contribution is 0.296. The Bertz CT molecular complexity index is 395. The molecule has 1 aromatic rings. The van der Waals surface area contributed by atoms with Crippen molar-refractivity contribution in [2.45, 2.75) is 19.4 Å². The standard InChI is InChI=1S/C14H22N2O2/c1-10(9-15)14(16-2)11-4-5-12-13(8-11)18-7-3-6-17-12/h4-5,8,10,14,16H,3,6-7,9,15H2,1-2H3. The molecule has 0 fully saturated rings. The van der Waals surface area contributed by atoms with Crippen molar-refractivity contribution in [1.82, 2.24) is 5.32 Å². The highest BCUT2D eigenvalue weighted by atomic mass is 16.5. The zero-order chi connectivity index (χ0) is 13.0. The van der Waals surface area contributed by atoms with Gasteiger partial charge in [-0.15, -0.1) is 0 Å². The minimum atomic E-state index is 0.243. The van der Waals surface area contributed by atoms with E-state index in [-0.39, 0.29) is 6.04 Å². The predicted molar refractivity (Wildman–Crippen MR) is 72.1 cm³/mol. The fourth-order valence-corrected chi connectivity index (χ4v) is 2.29. The first kappa shape index (κ1) is 13.2. The maximum Gasteiger partial charge on any atom is 0.161 e. The zero-order valence-corrected chi connectivity index (χ0v) is 11.1. The number of benzene rings is 1. The summed E-state index contributed by atoms with van der Waals surface area (Å²) in [4.78, 5) is 0. The lowest BCUT2D eigenvalue weighted by Gasteiger charge is -2.23. The second-order valence-corrected chi connectivity index (χ2v) is 4.74. The Hall–Kier alpha value is -1.26. The summed E-state index contributed by atoms with van der Waals surface area (Å²) in [6, 6.07) is 6.38. The summed E-state index contributed by atoms with van der Waals surface area (Å²) in [6.45, 7) is 4.23. The van der Waals surface area contributed by atoms with Gasteiger partial charge in [0, 0.05) is 12.5 Å². The van der Waals surface area contributed by atoms with Gasteiger partial charge in [-0.3, -0.25) is 0 Å². The smallest absolute Gasteiger partial charge is 0.161 e. The van der Waals surface area contributed by atoms with Gasteiger partial charge in [-0.25, -0.2) is 0 Å². The molecule has 2 atom stereocenters. The van der Waals surface area contributed by atoms with Crippen LogP contribution < -0.4 is 20.5 Å². The summed E-state index contributed by atoms with van der Waals surface area (Å²) >= 11 is 0. The van der Waals surface area contributed by atoms with Crippen LogP contribution in [0.1, 0.15) is 24.9 Å². The van der Waals surface area contributed by atoms with E-state index in [2.05, 4.69) is 24.4 Å². The van der Waals surface area contributed by atoms with Gasteiger partial charge in [0.2, 0.25) is 0 Å². The molecule has 0 radical (unpaired) electrons. The molecule has 4 heteroatoms. The van der Waals surface area contributed by atoms with E-state index < -0.39 is 0 Å². The Morgan fingerprint density at radius 2 is 2.00 bits per heavy atom. The van der Waals surface area contributed by atoms with Crippen LogP contribution in [0.3, 0.4) is 0 Å². The van der Waals surface area contributed by atoms with Crippen LogP contribution >= 0.6 is 0 Å². The normalized spacial score (nSPS) is 17.9. The Balaban J connectivity index is 2.26. The number of fused-ring (bicyclic) bond motifs is 1. The van der Waals surface area contributed by atoms with Gasteiger partial charge in [-0.1, -0.05) is 13.0 Å². The molecule has 1 heterocycles. The summed E-state index contributed by atoms with van der Waals surface area (Å²) < 4.78 is 11.3. The van der Waals surface area contributed by atoms with Gasteiger partial charge in [0.15, 0.2) is 11.5 Å². The molecular formula is C14H22N2O2. The third kappa shape index (κ3) is 2.76. The van der Waals surface area contributed by atoms with E-state index in [1.54, 1.807) is 0 Å². The molecule has 1 aliphatic heterocycles. The van der Waals surface area contributed by atoms with Gasteiger partial charge in [0.05, 0.1) is 13.2 Å². The van der Waals surface area contributed by atoms with Crippen LogP contribution in [-0.4, -0.2) is 26.8 Å². The van der Waals surface area contributed by atoms with Crippen molar-refractivity contribution in [3.8, 4) is 11.5 Å². The second-order valence-electron chi connectivity index (χ2n) is 4.74. The van der Waals surface area contributed by atoms with Crippen LogP contribution in [0, 0.1) is 5.92 Å². The third-order valence-electron chi connectivity index (χ3n) is 3.38. The summed E-state index contributed by atoms with van der Waals surface area (Å²) in [5, 5.41) is 3.32. The lowest BCUT2D eigenvalue weighted by atomic mass is 9.94. The van der Waals surface area contributed by atoms with Crippen LogP contribution in [0.25, 0.3) is 0 Å². The van der Waals surface area contributed by atoms with Gasteiger partial charge in [0.1, 0.15) is 0 Å².